The van der Waals surface area contributed by atoms with Crippen LogP contribution in [0, 0.1) is 0 Å². The van der Waals surface area contributed by atoms with Gasteiger partial charge in [-0.3, -0.25) is 24.6 Å². The van der Waals surface area contributed by atoms with Crippen LogP contribution in [0.5, 0.6) is 0 Å². The van der Waals surface area contributed by atoms with Crippen LogP contribution in [0.2, 0.25) is 0 Å². The van der Waals surface area contributed by atoms with Crippen molar-refractivity contribution in [3.8, 4) is 0 Å². The zero-order chi connectivity index (χ0) is 20.5. The minimum Gasteiger partial charge on any atom is -0.399 e. The molecule has 2 aromatic carbocycles. The summed E-state index contributed by atoms with van der Waals surface area (Å²) in [6.07, 6.45) is 0.636. The molecule has 29 heavy (non-hydrogen) atoms. The van der Waals surface area contributed by atoms with Gasteiger partial charge < -0.3 is 10.6 Å². The van der Waals surface area contributed by atoms with Crippen LogP contribution in [-0.2, 0) is 29.2 Å². The van der Waals surface area contributed by atoms with E-state index >= 15 is 0 Å². The van der Waals surface area contributed by atoms with Gasteiger partial charge in [-0.25, -0.2) is 0 Å². The minimum atomic E-state index is -0.581. The van der Waals surface area contributed by atoms with Crippen molar-refractivity contribution in [1.29, 1.82) is 0 Å². The van der Waals surface area contributed by atoms with Crippen molar-refractivity contribution < 1.29 is 14.4 Å². The Balaban J connectivity index is 1.45. The highest BCUT2D eigenvalue weighted by atomic mass is 16.2. The van der Waals surface area contributed by atoms with Crippen molar-refractivity contribution in [3.63, 3.8) is 0 Å². The van der Waals surface area contributed by atoms with Gasteiger partial charge in [0.15, 0.2) is 0 Å². The van der Waals surface area contributed by atoms with Crippen LogP contribution in [0.1, 0.15) is 39.9 Å². The van der Waals surface area contributed by atoms with Crippen LogP contribution < -0.4 is 11.1 Å². The number of piperidine rings is 1. The molecule has 0 aliphatic carbocycles. The Morgan fingerprint density at radius 2 is 1.86 bits per heavy atom. The largest absolute Gasteiger partial charge is 0.399 e. The van der Waals surface area contributed by atoms with Crippen LogP contribution >= 0.6 is 0 Å². The molecule has 0 bridgehead atoms. The number of carbonyl (C=O) groups is 3. The lowest BCUT2D eigenvalue weighted by atomic mass is 10.0. The smallest absolute Gasteiger partial charge is 0.255 e. The number of benzene rings is 2. The summed E-state index contributed by atoms with van der Waals surface area (Å²) in [6, 6.07) is 13.1. The Labute approximate surface area is 169 Å². The zero-order valence-corrected chi connectivity index (χ0v) is 16.4. The summed E-state index contributed by atoms with van der Waals surface area (Å²) in [4.78, 5) is 40.2. The van der Waals surface area contributed by atoms with Gasteiger partial charge in [0.25, 0.3) is 5.91 Å². The van der Waals surface area contributed by atoms with Crippen LogP contribution in [0.25, 0.3) is 0 Å². The number of anilines is 1. The van der Waals surface area contributed by atoms with Crippen LogP contribution in [0.4, 0.5) is 5.69 Å². The lowest BCUT2D eigenvalue weighted by Gasteiger charge is -2.29. The van der Waals surface area contributed by atoms with E-state index in [1.54, 1.807) is 4.90 Å². The van der Waals surface area contributed by atoms with Gasteiger partial charge in [-0.15, -0.1) is 0 Å². The number of nitrogens with zero attached hydrogens (tertiary/aromatic N) is 2. The number of nitrogens with one attached hydrogen (secondary N) is 1. The second kappa shape index (κ2) is 7.67. The van der Waals surface area contributed by atoms with Crippen LogP contribution in [0.3, 0.4) is 0 Å². The summed E-state index contributed by atoms with van der Waals surface area (Å²) in [6.45, 7) is 1.84. The quantitative estimate of drug-likeness (QED) is 0.596. The van der Waals surface area contributed by atoms with Crippen LogP contribution in [-0.4, -0.2) is 40.6 Å². The highest BCUT2D eigenvalue weighted by molar-refractivity contribution is 6.05. The van der Waals surface area contributed by atoms with Crippen LogP contribution in [0.15, 0.2) is 42.5 Å². The summed E-state index contributed by atoms with van der Waals surface area (Å²) in [5.41, 5.74) is 10.3. The molecular weight excluding hydrogens is 368 g/mol. The highest BCUT2D eigenvalue weighted by Gasteiger charge is 2.39. The number of amides is 3. The van der Waals surface area contributed by atoms with Crippen molar-refractivity contribution >= 4 is 23.4 Å². The number of rotatable bonds is 5. The molecule has 7 nitrogen and oxygen atoms in total. The summed E-state index contributed by atoms with van der Waals surface area (Å²) in [5, 5.41) is 2.33. The van der Waals surface area contributed by atoms with Gasteiger partial charge in [0.1, 0.15) is 6.04 Å². The molecule has 1 fully saturated rings. The fraction of sp³-hybridized carbons (Fsp3) is 0.318. The second-order valence-electron chi connectivity index (χ2n) is 7.81. The Morgan fingerprint density at radius 1 is 1.10 bits per heavy atom. The molecule has 0 saturated carbocycles. The molecule has 1 saturated heterocycles. The van der Waals surface area contributed by atoms with E-state index in [0.717, 1.165) is 28.9 Å². The minimum absolute atomic E-state index is 0.144. The Morgan fingerprint density at radius 3 is 2.59 bits per heavy atom. The number of carbonyl (C=O) groups excluding carboxylic acids is 3. The van der Waals surface area contributed by atoms with Gasteiger partial charge in [-0.2, -0.15) is 0 Å². The normalized spacial score (nSPS) is 18.9. The molecule has 0 aromatic heterocycles. The third-order valence-electron chi connectivity index (χ3n) is 5.45. The Hall–Kier alpha value is -3.19. The first kappa shape index (κ1) is 19.1. The molecule has 1 unspecified atom stereocenters. The summed E-state index contributed by atoms with van der Waals surface area (Å²) in [7, 11) is 2.02. The predicted molar refractivity (Wildman–Crippen MR) is 109 cm³/mol. The second-order valence-corrected chi connectivity index (χ2v) is 7.81. The highest BCUT2D eigenvalue weighted by Crippen LogP contribution is 2.28. The molecule has 0 radical (unpaired) electrons. The molecule has 4 rings (SSSR count). The van der Waals surface area contributed by atoms with E-state index in [1.165, 1.54) is 0 Å². The molecule has 150 valence electrons. The lowest BCUT2D eigenvalue weighted by molar-refractivity contribution is -0.136. The van der Waals surface area contributed by atoms with E-state index in [1.807, 2.05) is 49.5 Å². The zero-order valence-electron chi connectivity index (χ0n) is 16.4. The molecule has 7 heteroatoms. The standard InChI is InChI=1S/C22H24N4O3/c1-25(11-14-3-2-4-17(23)9-14)12-15-5-6-16-13-26(22(29)18(16)10-15)19-7-8-20(27)24-21(19)28/h2-6,9-10,19H,7-8,11-13,23H2,1H3,(H,24,27,28). The molecule has 3 amide bonds. The molecule has 2 heterocycles. The topological polar surface area (TPSA) is 95.7 Å². The van der Waals surface area contributed by atoms with Gasteiger partial charge in [0.05, 0.1) is 0 Å². The first-order valence-corrected chi connectivity index (χ1v) is 9.70. The average Bonchev–Trinajstić information content (AvgIpc) is 2.98. The van der Waals surface area contributed by atoms with Crippen molar-refractivity contribution in [1.82, 2.24) is 15.1 Å². The monoisotopic (exact) mass is 392 g/mol. The van der Waals surface area contributed by atoms with E-state index in [-0.39, 0.29) is 24.1 Å². The predicted octanol–water partition coefficient (Wildman–Crippen LogP) is 1.66. The molecule has 3 N–H and O–H groups in total. The number of imide groups is 1. The number of fused-ring (bicyclic) bond motifs is 1. The molecule has 1 atom stereocenters. The summed E-state index contributed by atoms with van der Waals surface area (Å²) >= 11 is 0. The first-order valence-electron chi connectivity index (χ1n) is 9.70. The number of nitrogen functional groups attached to an aromatic ring is 1. The number of hydrogen-bond donors (Lipinski definition) is 2. The van der Waals surface area contributed by atoms with E-state index in [4.69, 9.17) is 5.73 Å². The van der Waals surface area contributed by atoms with Gasteiger partial charge in [-0.05, 0) is 48.4 Å². The lowest BCUT2D eigenvalue weighted by Crippen LogP contribution is -2.52. The van der Waals surface area contributed by atoms with Crippen molar-refractivity contribution in [2.45, 2.75) is 38.5 Å². The van der Waals surface area contributed by atoms with Gasteiger partial charge in [0, 0.05) is 37.3 Å². The van der Waals surface area contributed by atoms with Crippen molar-refractivity contribution in [2.24, 2.45) is 0 Å². The van der Waals surface area contributed by atoms with Crippen molar-refractivity contribution in [2.75, 3.05) is 12.8 Å². The third-order valence-corrected chi connectivity index (χ3v) is 5.45. The SMILES string of the molecule is CN(Cc1cccc(N)c1)Cc1ccc2c(c1)C(=O)N(C1CCC(=O)NC1=O)C2. The third kappa shape index (κ3) is 4.00. The number of nitrogens with two attached hydrogens (primary N) is 1. The van der Waals surface area contributed by atoms with Gasteiger partial charge >= 0.3 is 0 Å². The van der Waals surface area contributed by atoms with E-state index in [9.17, 15) is 14.4 Å². The molecule has 2 aromatic rings. The van der Waals surface area contributed by atoms with Gasteiger partial charge in [-0.1, -0.05) is 24.3 Å². The fourth-order valence-electron chi connectivity index (χ4n) is 4.07. The summed E-state index contributed by atoms with van der Waals surface area (Å²) in [5.74, 6) is -0.805. The molecular formula is C22H24N4O3. The molecule has 0 spiro atoms. The first-order chi connectivity index (χ1) is 13.9. The molecule has 2 aliphatic heterocycles. The fourth-order valence-corrected chi connectivity index (χ4v) is 4.07. The Kier molecular flexibility index (Phi) is 5.07. The number of hydrogen-bond acceptors (Lipinski definition) is 5. The van der Waals surface area contributed by atoms with Gasteiger partial charge in [0.2, 0.25) is 11.8 Å². The van der Waals surface area contributed by atoms with E-state index in [0.29, 0.717) is 25.1 Å². The maximum absolute atomic E-state index is 12.9. The van der Waals surface area contributed by atoms with E-state index in [2.05, 4.69) is 10.2 Å². The average molecular weight is 392 g/mol. The summed E-state index contributed by atoms with van der Waals surface area (Å²) < 4.78 is 0. The van der Waals surface area contributed by atoms with E-state index < -0.39 is 6.04 Å². The Bertz CT molecular complexity index is 988. The maximum Gasteiger partial charge on any atom is 0.255 e. The van der Waals surface area contributed by atoms with Crippen molar-refractivity contribution in [3.05, 3.63) is 64.7 Å². The maximum atomic E-state index is 12.9. The molecule has 2 aliphatic rings.